The largest absolute Gasteiger partial charge is 0.326 e. The Morgan fingerprint density at radius 3 is 2.55 bits per heavy atom. The third-order valence-corrected chi connectivity index (χ3v) is 5.27. The molecule has 0 aliphatic carbocycles. The number of hydrogen-bond acceptors (Lipinski definition) is 6. The van der Waals surface area contributed by atoms with E-state index in [0.717, 1.165) is 28.3 Å². The lowest BCUT2D eigenvalue weighted by molar-refractivity contribution is -0.116. The van der Waals surface area contributed by atoms with Gasteiger partial charge in [-0.2, -0.15) is 5.10 Å². The molecular formula is C20H18N6OS2. The molecule has 0 aliphatic heterocycles. The van der Waals surface area contributed by atoms with Crippen LogP contribution < -0.4 is 5.32 Å². The predicted molar refractivity (Wildman–Crippen MR) is 116 cm³/mol. The Kier molecular flexibility index (Phi) is 5.59. The van der Waals surface area contributed by atoms with E-state index in [4.69, 9.17) is 12.2 Å². The summed E-state index contributed by atoms with van der Waals surface area (Å²) in [6.07, 6.45) is 0.282. The number of nitrogens with zero attached hydrogens (tertiary/aromatic N) is 4. The Morgan fingerprint density at radius 1 is 1.14 bits per heavy atom. The van der Waals surface area contributed by atoms with E-state index in [2.05, 4.69) is 25.1 Å². The van der Waals surface area contributed by atoms with E-state index in [1.165, 1.54) is 17.1 Å². The van der Waals surface area contributed by atoms with Crippen LogP contribution >= 0.6 is 23.8 Å². The first-order chi connectivity index (χ1) is 14.1. The summed E-state index contributed by atoms with van der Waals surface area (Å²) in [7, 11) is 0. The molecule has 0 unspecified atom stereocenters. The average molecular weight is 423 g/mol. The lowest BCUT2D eigenvalue weighted by atomic mass is 10.1. The molecular weight excluding hydrogens is 404 g/mol. The zero-order chi connectivity index (χ0) is 20.2. The molecule has 2 aromatic carbocycles. The summed E-state index contributed by atoms with van der Waals surface area (Å²) < 4.78 is 6.20. The lowest BCUT2D eigenvalue weighted by Crippen LogP contribution is -2.15. The van der Waals surface area contributed by atoms with E-state index in [1.807, 2.05) is 65.4 Å². The lowest BCUT2D eigenvalue weighted by Gasteiger charge is -2.09. The molecule has 0 spiro atoms. The van der Waals surface area contributed by atoms with Crippen molar-refractivity contribution in [3.05, 3.63) is 64.2 Å². The Hall–Kier alpha value is -3.17. The van der Waals surface area contributed by atoms with Crippen molar-refractivity contribution >= 4 is 35.3 Å². The molecule has 0 saturated heterocycles. The van der Waals surface area contributed by atoms with Crippen LogP contribution in [0.3, 0.4) is 0 Å². The number of rotatable bonds is 6. The SMILES string of the molecule is Cc1ccc(-c2n[nH]c(=S)n2CCC(=O)Nc2ccc(-c3csnn3)cc2)cc1. The number of carbonyl (C=O) groups is 1. The van der Waals surface area contributed by atoms with Gasteiger partial charge < -0.3 is 5.32 Å². The van der Waals surface area contributed by atoms with Crippen molar-refractivity contribution in [3.8, 4) is 22.6 Å². The number of H-pyrrole nitrogens is 1. The third-order valence-electron chi connectivity index (χ3n) is 4.45. The van der Waals surface area contributed by atoms with Gasteiger partial charge in [-0.1, -0.05) is 46.4 Å². The first kappa shape index (κ1) is 19.2. The van der Waals surface area contributed by atoms with Crippen molar-refractivity contribution in [2.45, 2.75) is 19.9 Å². The van der Waals surface area contributed by atoms with Crippen molar-refractivity contribution in [3.63, 3.8) is 0 Å². The van der Waals surface area contributed by atoms with Gasteiger partial charge in [-0.05, 0) is 42.8 Å². The summed E-state index contributed by atoms with van der Waals surface area (Å²) >= 11 is 6.64. The Morgan fingerprint density at radius 2 is 1.86 bits per heavy atom. The minimum atomic E-state index is -0.0916. The van der Waals surface area contributed by atoms with E-state index < -0.39 is 0 Å². The van der Waals surface area contributed by atoms with Gasteiger partial charge in [0.2, 0.25) is 5.91 Å². The number of carbonyl (C=O) groups excluding carboxylic acids is 1. The van der Waals surface area contributed by atoms with Gasteiger partial charge in [-0.15, -0.1) is 5.10 Å². The second kappa shape index (κ2) is 8.46. The highest BCUT2D eigenvalue weighted by molar-refractivity contribution is 7.71. The normalized spacial score (nSPS) is 10.8. The van der Waals surface area contributed by atoms with E-state index in [1.54, 1.807) is 0 Å². The summed E-state index contributed by atoms with van der Waals surface area (Å²) in [4.78, 5) is 12.4. The smallest absolute Gasteiger partial charge is 0.226 e. The van der Waals surface area contributed by atoms with Crippen LogP contribution in [0.5, 0.6) is 0 Å². The predicted octanol–water partition coefficient (Wildman–Crippen LogP) is 4.46. The fraction of sp³-hybridized carbons (Fsp3) is 0.150. The highest BCUT2D eigenvalue weighted by atomic mass is 32.1. The molecule has 9 heteroatoms. The maximum Gasteiger partial charge on any atom is 0.226 e. The maximum absolute atomic E-state index is 12.4. The summed E-state index contributed by atoms with van der Waals surface area (Å²) in [5, 5.41) is 16.0. The summed E-state index contributed by atoms with van der Waals surface area (Å²) in [6.45, 7) is 2.47. The van der Waals surface area contributed by atoms with E-state index in [-0.39, 0.29) is 12.3 Å². The molecule has 0 aliphatic rings. The first-order valence-corrected chi connectivity index (χ1v) is 10.2. The van der Waals surface area contributed by atoms with Crippen LogP contribution in [0.2, 0.25) is 0 Å². The molecule has 4 rings (SSSR count). The molecule has 0 radical (unpaired) electrons. The minimum Gasteiger partial charge on any atom is -0.326 e. The molecule has 1 amide bonds. The van der Waals surface area contributed by atoms with Crippen LogP contribution in [0.15, 0.2) is 53.9 Å². The molecule has 2 N–H and O–H groups in total. The van der Waals surface area contributed by atoms with Crippen molar-refractivity contribution in [1.82, 2.24) is 24.4 Å². The Bertz CT molecular complexity index is 1160. The molecule has 29 heavy (non-hydrogen) atoms. The second-order valence-corrected chi connectivity index (χ2v) is 7.53. The topological polar surface area (TPSA) is 88.5 Å². The third kappa shape index (κ3) is 4.47. The monoisotopic (exact) mass is 422 g/mol. The highest BCUT2D eigenvalue weighted by Gasteiger charge is 2.11. The summed E-state index contributed by atoms with van der Waals surface area (Å²) in [6, 6.07) is 15.6. The number of benzene rings is 2. The Balaban J connectivity index is 1.41. The number of hydrogen-bond donors (Lipinski definition) is 2. The van der Waals surface area contributed by atoms with E-state index in [9.17, 15) is 4.79 Å². The number of aryl methyl sites for hydroxylation is 1. The summed E-state index contributed by atoms with van der Waals surface area (Å²) in [5.74, 6) is 0.634. The number of aromatic amines is 1. The minimum absolute atomic E-state index is 0.0916. The number of aromatic nitrogens is 5. The zero-order valence-electron chi connectivity index (χ0n) is 15.6. The molecule has 2 aromatic heterocycles. The second-order valence-electron chi connectivity index (χ2n) is 6.54. The van der Waals surface area contributed by atoms with Crippen molar-refractivity contribution < 1.29 is 4.79 Å². The molecule has 0 fully saturated rings. The first-order valence-electron chi connectivity index (χ1n) is 9.00. The highest BCUT2D eigenvalue weighted by Crippen LogP contribution is 2.21. The van der Waals surface area contributed by atoms with Crippen LogP contribution in [-0.2, 0) is 11.3 Å². The maximum atomic E-state index is 12.4. The van der Waals surface area contributed by atoms with Crippen LogP contribution in [-0.4, -0.2) is 30.3 Å². The van der Waals surface area contributed by atoms with Gasteiger partial charge in [0.25, 0.3) is 0 Å². The van der Waals surface area contributed by atoms with Gasteiger partial charge in [0.05, 0.1) is 0 Å². The standard InChI is InChI=1S/C20H18N6OS2/c1-13-2-4-15(5-3-13)19-23-24-20(28)26(19)11-10-18(27)21-16-8-6-14(7-9-16)17-12-29-25-22-17/h2-9,12H,10-11H2,1H3,(H,21,27)(H,24,28). The van der Waals surface area contributed by atoms with Crippen LogP contribution in [0.1, 0.15) is 12.0 Å². The average Bonchev–Trinajstić information content (AvgIpc) is 3.38. The molecule has 0 bridgehead atoms. The van der Waals surface area contributed by atoms with Crippen molar-refractivity contribution in [1.29, 1.82) is 0 Å². The van der Waals surface area contributed by atoms with Crippen molar-refractivity contribution in [2.75, 3.05) is 5.32 Å². The summed E-state index contributed by atoms with van der Waals surface area (Å²) in [5.41, 5.74) is 4.65. The molecule has 4 aromatic rings. The zero-order valence-corrected chi connectivity index (χ0v) is 17.3. The Labute approximate surface area is 176 Å². The fourth-order valence-electron chi connectivity index (χ4n) is 2.90. The van der Waals surface area contributed by atoms with E-state index in [0.29, 0.717) is 11.3 Å². The number of nitrogens with one attached hydrogen (secondary N) is 2. The number of amides is 1. The number of anilines is 1. The van der Waals surface area contributed by atoms with Gasteiger partial charge in [0.15, 0.2) is 10.6 Å². The van der Waals surface area contributed by atoms with Gasteiger partial charge in [0, 0.05) is 35.2 Å². The van der Waals surface area contributed by atoms with Crippen LogP contribution in [0.4, 0.5) is 5.69 Å². The molecule has 146 valence electrons. The van der Waals surface area contributed by atoms with Crippen LogP contribution in [0.25, 0.3) is 22.6 Å². The molecule has 0 atom stereocenters. The van der Waals surface area contributed by atoms with Crippen molar-refractivity contribution in [2.24, 2.45) is 0 Å². The van der Waals surface area contributed by atoms with Crippen LogP contribution in [0, 0.1) is 11.7 Å². The molecule has 7 nitrogen and oxygen atoms in total. The molecule has 2 heterocycles. The van der Waals surface area contributed by atoms with Gasteiger partial charge in [-0.25, -0.2) is 0 Å². The fourth-order valence-corrected chi connectivity index (χ4v) is 3.59. The molecule has 0 saturated carbocycles. The van der Waals surface area contributed by atoms with Gasteiger partial charge in [0.1, 0.15) is 5.69 Å². The van der Waals surface area contributed by atoms with Gasteiger partial charge >= 0.3 is 0 Å². The van der Waals surface area contributed by atoms with Gasteiger partial charge in [-0.3, -0.25) is 14.5 Å². The van der Waals surface area contributed by atoms with E-state index >= 15 is 0 Å². The quantitative estimate of drug-likeness (QED) is 0.448.